The van der Waals surface area contributed by atoms with Crippen LogP contribution >= 0.6 is 0 Å². The molecule has 0 bridgehead atoms. The van der Waals surface area contributed by atoms with Crippen LogP contribution in [-0.4, -0.2) is 33.4 Å². The summed E-state index contributed by atoms with van der Waals surface area (Å²) in [7, 11) is 0. The van der Waals surface area contributed by atoms with E-state index in [-0.39, 0.29) is 0 Å². The largest absolute Gasteiger partial charge is 0.342 e. The highest BCUT2D eigenvalue weighted by Crippen LogP contribution is 2.38. The average Bonchev–Trinajstić information content (AvgIpc) is 2.95. The van der Waals surface area contributed by atoms with Crippen molar-refractivity contribution in [2.45, 2.75) is 83.1 Å². The van der Waals surface area contributed by atoms with Gasteiger partial charge in [-0.3, -0.25) is 4.79 Å². The highest BCUT2D eigenvalue weighted by atomic mass is 16.2. The van der Waals surface area contributed by atoms with Gasteiger partial charge in [0, 0.05) is 42.9 Å². The molecule has 0 unspecified atom stereocenters. The second-order valence-electron chi connectivity index (χ2n) is 8.15. The van der Waals surface area contributed by atoms with Crippen LogP contribution < -0.4 is 0 Å². The minimum absolute atomic E-state index is 0.316. The lowest BCUT2D eigenvalue weighted by molar-refractivity contribution is -0.137. The highest BCUT2D eigenvalue weighted by Gasteiger charge is 2.32. The summed E-state index contributed by atoms with van der Waals surface area (Å²) in [6.07, 6.45) is 14.2. The topological polar surface area (TPSA) is 38.1 Å². The average molecular weight is 329 g/mol. The lowest BCUT2D eigenvalue weighted by Gasteiger charge is -2.37. The monoisotopic (exact) mass is 329 g/mol. The number of carbonyl (C=O) groups is 1. The molecule has 2 heterocycles. The summed E-state index contributed by atoms with van der Waals surface area (Å²) in [5.74, 6) is 2.75. The number of rotatable bonds is 3. The van der Waals surface area contributed by atoms with E-state index in [1.165, 1.54) is 50.0 Å². The summed E-state index contributed by atoms with van der Waals surface area (Å²) in [4.78, 5) is 19.6. The number of carbonyl (C=O) groups excluding carboxylic acids is 1. The Morgan fingerprint density at radius 1 is 1.00 bits per heavy atom. The maximum absolute atomic E-state index is 12.8. The molecule has 3 aliphatic rings. The van der Waals surface area contributed by atoms with Crippen molar-refractivity contribution in [3.05, 3.63) is 17.7 Å². The standard InChI is InChI=1S/C20H31N3O/c1-15-14-21-19(16-8-5-9-16)23(15)18-10-12-22(13-11-18)20(24)17-6-3-2-4-7-17/h14,16-18H,2-13H2,1H3. The van der Waals surface area contributed by atoms with Crippen LogP contribution in [0, 0.1) is 12.8 Å². The van der Waals surface area contributed by atoms with E-state index in [4.69, 9.17) is 4.98 Å². The van der Waals surface area contributed by atoms with E-state index >= 15 is 0 Å². The molecular formula is C20H31N3O. The predicted octanol–water partition coefficient (Wildman–Crippen LogP) is 4.20. The third-order valence-corrected chi connectivity index (χ3v) is 6.58. The lowest BCUT2D eigenvalue weighted by Crippen LogP contribution is -2.43. The molecule has 2 aliphatic carbocycles. The summed E-state index contributed by atoms with van der Waals surface area (Å²) in [6.45, 7) is 4.05. The molecule has 0 atom stereocenters. The fourth-order valence-corrected chi connectivity index (χ4v) is 4.86. The Hall–Kier alpha value is -1.32. The molecule has 0 N–H and O–H groups in total. The van der Waals surface area contributed by atoms with E-state index < -0.39 is 0 Å². The molecule has 1 aromatic rings. The number of amides is 1. The zero-order chi connectivity index (χ0) is 16.5. The van der Waals surface area contributed by atoms with Crippen LogP contribution in [0.15, 0.2) is 6.20 Å². The Bertz CT molecular complexity index is 576. The van der Waals surface area contributed by atoms with Crippen LogP contribution in [0.1, 0.15) is 87.7 Å². The van der Waals surface area contributed by atoms with Crippen molar-refractivity contribution in [2.24, 2.45) is 5.92 Å². The Morgan fingerprint density at radius 2 is 1.71 bits per heavy atom. The zero-order valence-corrected chi connectivity index (χ0v) is 15.0. The first-order chi connectivity index (χ1) is 11.7. The molecule has 0 radical (unpaired) electrons. The van der Waals surface area contributed by atoms with Gasteiger partial charge in [0.1, 0.15) is 5.82 Å². The van der Waals surface area contributed by atoms with Gasteiger partial charge < -0.3 is 9.47 Å². The van der Waals surface area contributed by atoms with Gasteiger partial charge in [0.05, 0.1) is 0 Å². The lowest BCUT2D eigenvalue weighted by atomic mass is 9.84. The highest BCUT2D eigenvalue weighted by molar-refractivity contribution is 5.79. The minimum Gasteiger partial charge on any atom is -0.342 e. The van der Waals surface area contributed by atoms with Gasteiger partial charge in [-0.25, -0.2) is 4.98 Å². The van der Waals surface area contributed by atoms with Gasteiger partial charge in [-0.1, -0.05) is 25.7 Å². The van der Waals surface area contributed by atoms with Crippen LogP contribution in [0.25, 0.3) is 0 Å². The molecule has 1 aliphatic heterocycles. The molecule has 2 saturated carbocycles. The van der Waals surface area contributed by atoms with Crippen molar-refractivity contribution >= 4 is 5.91 Å². The molecule has 1 aromatic heterocycles. The fourth-order valence-electron chi connectivity index (χ4n) is 4.86. The first kappa shape index (κ1) is 16.2. The molecule has 1 saturated heterocycles. The molecule has 1 amide bonds. The maximum atomic E-state index is 12.8. The number of hydrogen-bond donors (Lipinski definition) is 0. The van der Waals surface area contributed by atoms with Crippen molar-refractivity contribution in [3.8, 4) is 0 Å². The first-order valence-electron chi connectivity index (χ1n) is 10.1. The second-order valence-corrected chi connectivity index (χ2v) is 8.15. The van der Waals surface area contributed by atoms with E-state index in [2.05, 4.69) is 16.4 Å². The Morgan fingerprint density at radius 3 is 2.33 bits per heavy atom. The van der Waals surface area contributed by atoms with Gasteiger partial charge in [0.15, 0.2) is 0 Å². The van der Waals surface area contributed by atoms with Gasteiger partial charge in [-0.05, 0) is 45.4 Å². The van der Waals surface area contributed by atoms with Crippen LogP contribution in [0.4, 0.5) is 0 Å². The number of piperidine rings is 1. The second kappa shape index (κ2) is 6.89. The molecular weight excluding hydrogens is 298 g/mol. The van der Waals surface area contributed by atoms with Crippen LogP contribution in [0.5, 0.6) is 0 Å². The Labute approximate surface area is 145 Å². The van der Waals surface area contributed by atoms with E-state index in [0.717, 1.165) is 38.8 Å². The normalized spacial score (nSPS) is 24.1. The van der Waals surface area contributed by atoms with Gasteiger partial charge in [-0.15, -0.1) is 0 Å². The Kier molecular flexibility index (Phi) is 4.64. The number of likely N-dealkylation sites (tertiary alicyclic amines) is 1. The number of aryl methyl sites for hydroxylation is 1. The van der Waals surface area contributed by atoms with Gasteiger partial charge in [0.2, 0.25) is 5.91 Å². The summed E-state index contributed by atoms with van der Waals surface area (Å²) < 4.78 is 2.51. The SMILES string of the molecule is Cc1cnc(C2CCC2)n1C1CCN(C(=O)C2CCCCC2)CC1. The molecule has 24 heavy (non-hydrogen) atoms. The predicted molar refractivity (Wildman–Crippen MR) is 95.0 cm³/mol. The number of nitrogens with zero attached hydrogens (tertiary/aromatic N) is 3. The molecule has 132 valence electrons. The quantitative estimate of drug-likeness (QED) is 0.833. The van der Waals surface area contributed by atoms with Crippen LogP contribution in [0.3, 0.4) is 0 Å². The van der Waals surface area contributed by atoms with Crippen molar-refractivity contribution in [3.63, 3.8) is 0 Å². The van der Waals surface area contributed by atoms with Gasteiger partial charge in [-0.2, -0.15) is 0 Å². The number of imidazole rings is 1. The van der Waals surface area contributed by atoms with E-state index in [1.807, 2.05) is 6.20 Å². The van der Waals surface area contributed by atoms with Crippen molar-refractivity contribution in [2.75, 3.05) is 13.1 Å². The first-order valence-corrected chi connectivity index (χ1v) is 10.1. The van der Waals surface area contributed by atoms with Gasteiger partial charge >= 0.3 is 0 Å². The van der Waals surface area contributed by atoms with E-state index in [9.17, 15) is 4.79 Å². The molecule has 4 nitrogen and oxygen atoms in total. The molecule has 4 heteroatoms. The van der Waals surface area contributed by atoms with Crippen molar-refractivity contribution in [1.82, 2.24) is 14.5 Å². The van der Waals surface area contributed by atoms with Gasteiger partial charge in [0.25, 0.3) is 0 Å². The molecule has 0 spiro atoms. The third-order valence-electron chi connectivity index (χ3n) is 6.58. The summed E-state index contributed by atoms with van der Waals surface area (Å²) >= 11 is 0. The van der Waals surface area contributed by atoms with Crippen LogP contribution in [0.2, 0.25) is 0 Å². The molecule has 4 rings (SSSR count). The van der Waals surface area contributed by atoms with Crippen LogP contribution in [-0.2, 0) is 4.79 Å². The summed E-state index contributed by atoms with van der Waals surface area (Å²) in [5.41, 5.74) is 1.30. The van der Waals surface area contributed by atoms with E-state index in [0.29, 0.717) is 23.8 Å². The van der Waals surface area contributed by atoms with Crippen molar-refractivity contribution in [1.29, 1.82) is 0 Å². The van der Waals surface area contributed by atoms with Crippen molar-refractivity contribution < 1.29 is 4.79 Å². The molecule has 3 fully saturated rings. The van der Waals surface area contributed by atoms with E-state index in [1.54, 1.807) is 0 Å². The molecule has 0 aromatic carbocycles. The zero-order valence-electron chi connectivity index (χ0n) is 15.0. The smallest absolute Gasteiger partial charge is 0.225 e. The minimum atomic E-state index is 0.316. The summed E-state index contributed by atoms with van der Waals surface area (Å²) in [6, 6.07) is 0.540. The Balaban J connectivity index is 1.39. The maximum Gasteiger partial charge on any atom is 0.225 e. The summed E-state index contributed by atoms with van der Waals surface area (Å²) in [5, 5.41) is 0. The number of hydrogen-bond acceptors (Lipinski definition) is 2. The number of aromatic nitrogens is 2. The fraction of sp³-hybridized carbons (Fsp3) is 0.800. The third kappa shape index (κ3) is 3.00.